The summed E-state index contributed by atoms with van der Waals surface area (Å²) in [5.41, 5.74) is 2.19. The zero-order chi connectivity index (χ0) is 13.0. The Bertz CT molecular complexity index is 522. The maximum Gasteiger partial charge on any atom is 0.129 e. The molecule has 0 atom stereocenters. The van der Waals surface area contributed by atoms with Crippen molar-refractivity contribution in [2.75, 3.05) is 20.7 Å². The van der Waals surface area contributed by atoms with Crippen LogP contribution in [0.5, 0.6) is 5.75 Å². The lowest BCUT2D eigenvalue weighted by Crippen LogP contribution is -2.09. The van der Waals surface area contributed by atoms with Crippen molar-refractivity contribution < 1.29 is 4.74 Å². The molecular weight excluding hydrogens is 244 g/mol. The van der Waals surface area contributed by atoms with Gasteiger partial charge >= 0.3 is 0 Å². The standard InChI is InChI=1S/C14H18N2OS/c1-10-13(8-9-15-2)18-14(16-10)11-6-4-5-7-12(11)17-3/h4-7,15H,8-9H2,1-3H3. The van der Waals surface area contributed by atoms with Crippen LogP contribution in [0.4, 0.5) is 0 Å². The molecule has 0 amide bonds. The molecule has 0 unspecified atom stereocenters. The van der Waals surface area contributed by atoms with E-state index >= 15 is 0 Å². The molecular formula is C14H18N2OS. The molecule has 0 bridgehead atoms. The normalized spacial score (nSPS) is 10.6. The lowest BCUT2D eigenvalue weighted by Gasteiger charge is -2.04. The second-order valence-corrected chi connectivity index (χ2v) is 5.17. The number of para-hydroxylation sites is 1. The van der Waals surface area contributed by atoms with E-state index in [-0.39, 0.29) is 0 Å². The Labute approximate surface area is 112 Å². The molecule has 1 aromatic carbocycles. The minimum absolute atomic E-state index is 0.881. The molecule has 2 rings (SSSR count). The van der Waals surface area contributed by atoms with Crippen molar-refractivity contribution in [2.45, 2.75) is 13.3 Å². The Morgan fingerprint density at radius 3 is 2.83 bits per heavy atom. The molecule has 0 saturated heterocycles. The van der Waals surface area contributed by atoms with Crippen molar-refractivity contribution >= 4 is 11.3 Å². The van der Waals surface area contributed by atoms with Gasteiger partial charge in [0.15, 0.2) is 0 Å². The van der Waals surface area contributed by atoms with E-state index in [0.717, 1.165) is 35.0 Å². The Morgan fingerprint density at radius 2 is 2.11 bits per heavy atom. The second-order valence-electron chi connectivity index (χ2n) is 4.08. The van der Waals surface area contributed by atoms with Crippen molar-refractivity contribution in [3.8, 4) is 16.3 Å². The van der Waals surface area contributed by atoms with Crippen LogP contribution in [0.25, 0.3) is 10.6 Å². The first kappa shape index (κ1) is 13.1. The molecule has 2 aromatic rings. The van der Waals surface area contributed by atoms with Gasteiger partial charge in [-0.25, -0.2) is 4.98 Å². The summed E-state index contributed by atoms with van der Waals surface area (Å²) in [4.78, 5) is 5.99. The highest BCUT2D eigenvalue weighted by Crippen LogP contribution is 2.34. The number of rotatable bonds is 5. The first-order valence-corrected chi connectivity index (χ1v) is 6.82. The highest BCUT2D eigenvalue weighted by Gasteiger charge is 2.12. The van der Waals surface area contributed by atoms with Gasteiger partial charge in [0, 0.05) is 4.88 Å². The summed E-state index contributed by atoms with van der Waals surface area (Å²) < 4.78 is 5.38. The minimum atomic E-state index is 0.881. The number of aromatic nitrogens is 1. The SMILES string of the molecule is CNCCc1sc(-c2ccccc2OC)nc1C. The van der Waals surface area contributed by atoms with Gasteiger partial charge in [-0.2, -0.15) is 0 Å². The molecule has 0 spiro atoms. The number of nitrogens with zero attached hydrogens (tertiary/aromatic N) is 1. The third kappa shape index (κ3) is 2.71. The second kappa shape index (κ2) is 5.98. The third-order valence-electron chi connectivity index (χ3n) is 2.83. The molecule has 0 radical (unpaired) electrons. The van der Waals surface area contributed by atoms with E-state index in [1.54, 1.807) is 18.4 Å². The fourth-order valence-corrected chi connectivity index (χ4v) is 2.93. The molecule has 1 N–H and O–H groups in total. The highest BCUT2D eigenvalue weighted by molar-refractivity contribution is 7.15. The number of methoxy groups -OCH3 is 1. The molecule has 1 heterocycles. The van der Waals surface area contributed by atoms with Gasteiger partial charge in [0.25, 0.3) is 0 Å². The van der Waals surface area contributed by atoms with Gasteiger partial charge in [-0.15, -0.1) is 11.3 Å². The van der Waals surface area contributed by atoms with E-state index in [0.29, 0.717) is 0 Å². The summed E-state index contributed by atoms with van der Waals surface area (Å²) in [6.07, 6.45) is 1.02. The Kier molecular flexibility index (Phi) is 4.33. The quantitative estimate of drug-likeness (QED) is 0.899. The molecule has 0 fully saturated rings. The fourth-order valence-electron chi connectivity index (χ4n) is 1.84. The van der Waals surface area contributed by atoms with Gasteiger partial charge in [-0.1, -0.05) is 12.1 Å². The summed E-state index contributed by atoms with van der Waals surface area (Å²) >= 11 is 1.75. The van der Waals surface area contributed by atoms with Gasteiger partial charge in [-0.3, -0.25) is 0 Å². The van der Waals surface area contributed by atoms with E-state index in [2.05, 4.69) is 23.3 Å². The van der Waals surface area contributed by atoms with Gasteiger partial charge < -0.3 is 10.1 Å². The van der Waals surface area contributed by atoms with Gasteiger partial charge in [0.2, 0.25) is 0 Å². The van der Waals surface area contributed by atoms with E-state index in [9.17, 15) is 0 Å². The van der Waals surface area contributed by atoms with Crippen molar-refractivity contribution in [1.29, 1.82) is 0 Å². The predicted octanol–water partition coefficient (Wildman–Crippen LogP) is 2.89. The van der Waals surface area contributed by atoms with E-state index in [4.69, 9.17) is 4.74 Å². The zero-order valence-electron chi connectivity index (χ0n) is 11.0. The topological polar surface area (TPSA) is 34.1 Å². The highest BCUT2D eigenvalue weighted by atomic mass is 32.1. The van der Waals surface area contributed by atoms with Crippen LogP contribution in [0.1, 0.15) is 10.6 Å². The van der Waals surface area contributed by atoms with Crippen molar-refractivity contribution in [3.63, 3.8) is 0 Å². The Morgan fingerprint density at radius 1 is 1.33 bits per heavy atom. The number of ether oxygens (including phenoxy) is 1. The number of likely N-dealkylation sites (N-methyl/N-ethyl adjacent to an activating group) is 1. The van der Waals surface area contributed by atoms with Crippen LogP contribution >= 0.6 is 11.3 Å². The van der Waals surface area contributed by atoms with E-state index < -0.39 is 0 Å². The molecule has 3 nitrogen and oxygen atoms in total. The summed E-state index contributed by atoms with van der Waals surface area (Å²) in [5, 5.41) is 4.21. The van der Waals surface area contributed by atoms with Crippen molar-refractivity contribution in [3.05, 3.63) is 34.8 Å². The molecule has 4 heteroatoms. The zero-order valence-corrected chi connectivity index (χ0v) is 11.8. The monoisotopic (exact) mass is 262 g/mol. The fraction of sp³-hybridized carbons (Fsp3) is 0.357. The molecule has 1 aromatic heterocycles. The maximum absolute atomic E-state index is 5.38. The summed E-state index contributed by atoms with van der Waals surface area (Å²) in [5.74, 6) is 0.881. The molecule has 0 aliphatic heterocycles. The largest absolute Gasteiger partial charge is 0.496 e. The number of hydrogen-bond donors (Lipinski definition) is 1. The molecule has 0 aliphatic carbocycles. The van der Waals surface area contributed by atoms with Crippen LogP contribution in [0, 0.1) is 6.92 Å². The smallest absolute Gasteiger partial charge is 0.129 e. The summed E-state index contributed by atoms with van der Waals surface area (Å²) in [7, 11) is 3.67. The molecule has 0 aliphatic rings. The van der Waals surface area contributed by atoms with Crippen LogP contribution in [-0.2, 0) is 6.42 Å². The minimum Gasteiger partial charge on any atom is -0.496 e. The first-order valence-electron chi connectivity index (χ1n) is 6.00. The van der Waals surface area contributed by atoms with Crippen LogP contribution in [-0.4, -0.2) is 25.7 Å². The van der Waals surface area contributed by atoms with Crippen LogP contribution in [0.15, 0.2) is 24.3 Å². The molecule has 18 heavy (non-hydrogen) atoms. The molecule has 0 saturated carbocycles. The van der Waals surface area contributed by atoms with Crippen molar-refractivity contribution in [2.24, 2.45) is 0 Å². The lowest BCUT2D eigenvalue weighted by atomic mass is 10.2. The van der Waals surface area contributed by atoms with E-state index in [1.165, 1.54) is 4.88 Å². The van der Waals surface area contributed by atoms with Gasteiger partial charge in [-0.05, 0) is 39.1 Å². The van der Waals surface area contributed by atoms with Gasteiger partial charge in [0.1, 0.15) is 10.8 Å². The van der Waals surface area contributed by atoms with Crippen LogP contribution in [0.2, 0.25) is 0 Å². The van der Waals surface area contributed by atoms with Gasteiger partial charge in [0.05, 0.1) is 18.4 Å². The summed E-state index contributed by atoms with van der Waals surface area (Å²) in [6, 6.07) is 8.02. The van der Waals surface area contributed by atoms with Crippen molar-refractivity contribution in [1.82, 2.24) is 10.3 Å². The van der Waals surface area contributed by atoms with Crippen LogP contribution < -0.4 is 10.1 Å². The number of hydrogen-bond acceptors (Lipinski definition) is 4. The Hall–Kier alpha value is -1.39. The van der Waals surface area contributed by atoms with E-state index in [1.807, 2.05) is 25.2 Å². The maximum atomic E-state index is 5.38. The lowest BCUT2D eigenvalue weighted by molar-refractivity contribution is 0.416. The Balaban J connectivity index is 2.33. The third-order valence-corrected chi connectivity index (χ3v) is 4.08. The number of thiazole rings is 1. The summed E-state index contributed by atoms with van der Waals surface area (Å²) in [6.45, 7) is 3.05. The van der Waals surface area contributed by atoms with Crippen LogP contribution in [0.3, 0.4) is 0 Å². The predicted molar refractivity (Wildman–Crippen MR) is 76.5 cm³/mol. The average molecular weight is 262 g/mol. The number of aryl methyl sites for hydroxylation is 1. The number of benzene rings is 1. The number of nitrogens with one attached hydrogen (secondary N) is 1. The first-order chi connectivity index (χ1) is 8.76. The average Bonchev–Trinajstić information content (AvgIpc) is 2.77. The molecule has 96 valence electrons.